The predicted molar refractivity (Wildman–Crippen MR) is 109 cm³/mol. The number of thioether (sulfide) groups is 1. The average molecular weight is 399 g/mol. The van der Waals surface area contributed by atoms with Crippen molar-refractivity contribution in [2.24, 2.45) is 0 Å². The van der Waals surface area contributed by atoms with E-state index < -0.39 is 0 Å². The Morgan fingerprint density at radius 2 is 1.71 bits per heavy atom. The minimum Gasteiger partial charge on any atom is -0.339 e. The molecule has 0 unspecified atom stereocenters. The van der Waals surface area contributed by atoms with Crippen LogP contribution < -0.4 is 0 Å². The molecule has 2 aromatic rings. The van der Waals surface area contributed by atoms with Crippen LogP contribution in [-0.2, 0) is 17.8 Å². The van der Waals surface area contributed by atoms with Gasteiger partial charge in [-0.25, -0.2) is 0 Å². The van der Waals surface area contributed by atoms with Gasteiger partial charge in [0.15, 0.2) is 0 Å². The Bertz CT molecular complexity index is 828. The summed E-state index contributed by atoms with van der Waals surface area (Å²) in [7, 11) is 0. The molecule has 0 N–H and O–H groups in total. The van der Waals surface area contributed by atoms with Crippen molar-refractivity contribution in [1.29, 1.82) is 0 Å². The molecule has 0 atom stereocenters. The number of amides is 2. The van der Waals surface area contributed by atoms with Crippen LogP contribution in [0.3, 0.4) is 0 Å². The summed E-state index contributed by atoms with van der Waals surface area (Å²) >= 11 is 1.71. The zero-order valence-electron chi connectivity index (χ0n) is 16.0. The molecule has 1 aromatic heterocycles. The van der Waals surface area contributed by atoms with Gasteiger partial charge in [0.2, 0.25) is 5.91 Å². The standard InChI is InChI=1S/C21H26N4O2S/c26-20(9-15-28-17-6-2-1-3-7-17)23-11-13-24(14-12-23)21(27)18-16-22-25-10-5-4-8-19(18)25/h1-3,6-7,16H,4-5,8-15H2. The summed E-state index contributed by atoms with van der Waals surface area (Å²) in [5, 5.41) is 4.38. The minimum absolute atomic E-state index is 0.0647. The number of hydrogen-bond acceptors (Lipinski definition) is 4. The highest BCUT2D eigenvalue weighted by molar-refractivity contribution is 7.99. The first kappa shape index (κ1) is 19.1. The molecule has 4 rings (SSSR count). The highest BCUT2D eigenvalue weighted by Gasteiger charge is 2.28. The van der Waals surface area contributed by atoms with Gasteiger partial charge in [-0.1, -0.05) is 18.2 Å². The Morgan fingerprint density at radius 3 is 2.50 bits per heavy atom. The molecular weight excluding hydrogens is 372 g/mol. The first-order valence-corrected chi connectivity index (χ1v) is 11.0. The van der Waals surface area contributed by atoms with Crippen molar-refractivity contribution in [3.8, 4) is 0 Å². The number of nitrogens with zero attached hydrogens (tertiary/aromatic N) is 4. The SMILES string of the molecule is O=C(CCSc1ccccc1)N1CCN(C(=O)c2cnn3c2CCCC3)CC1. The lowest BCUT2D eigenvalue weighted by Crippen LogP contribution is -2.50. The normalized spacial score (nSPS) is 16.7. The zero-order chi connectivity index (χ0) is 19.3. The lowest BCUT2D eigenvalue weighted by atomic mass is 10.1. The number of hydrogen-bond donors (Lipinski definition) is 0. The van der Waals surface area contributed by atoms with E-state index >= 15 is 0 Å². The smallest absolute Gasteiger partial charge is 0.257 e. The monoisotopic (exact) mass is 398 g/mol. The largest absolute Gasteiger partial charge is 0.339 e. The van der Waals surface area contributed by atoms with Gasteiger partial charge in [0.1, 0.15) is 0 Å². The van der Waals surface area contributed by atoms with Crippen molar-refractivity contribution in [1.82, 2.24) is 19.6 Å². The van der Waals surface area contributed by atoms with Crippen LogP contribution in [0.15, 0.2) is 41.4 Å². The Labute approximate surface area is 169 Å². The van der Waals surface area contributed by atoms with Crippen molar-refractivity contribution in [2.45, 2.75) is 37.1 Å². The fourth-order valence-corrected chi connectivity index (χ4v) is 4.72. The fourth-order valence-electron chi connectivity index (χ4n) is 3.86. The summed E-state index contributed by atoms with van der Waals surface area (Å²) in [5.74, 6) is 1.03. The molecule has 2 aliphatic heterocycles. The number of carbonyl (C=O) groups excluding carboxylic acids is 2. The number of aromatic nitrogens is 2. The van der Waals surface area contributed by atoms with Gasteiger partial charge in [-0.05, 0) is 31.4 Å². The van der Waals surface area contributed by atoms with Gasteiger partial charge in [0.05, 0.1) is 17.5 Å². The third-order valence-electron chi connectivity index (χ3n) is 5.46. The van der Waals surface area contributed by atoms with E-state index in [1.807, 2.05) is 32.7 Å². The van der Waals surface area contributed by atoms with Gasteiger partial charge >= 0.3 is 0 Å². The number of fused-ring (bicyclic) bond motifs is 1. The predicted octanol–water partition coefficient (Wildman–Crippen LogP) is 2.69. The molecule has 1 saturated heterocycles. The van der Waals surface area contributed by atoms with Crippen LogP contribution in [0.2, 0.25) is 0 Å². The van der Waals surface area contributed by atoms with Gasteiger partial charge in [-0.3, -0.25) is 14.3 Å². The highest BCUT2D eigenvalue weighted by atomic mass is 32.2. The lowest BCUT2D eigenvalue weighted by Gasteiger charge is -2.35. The summed E-state index contributed by atoms with van der Waals surface area (Å²) in [6, 6.07) is 10.1. The molecule has 2 aliphatic rings. The molecule has 7 heteroatoms. The molecule has 2 amide bonds. The first-order chi connectivity index (χ1) is 13.7. The lowest BCUT2D eigenvalue weighted by molar-refractivity contribution is -0.132. The van der Waals surface area contributed by atoms with Crippen LogP contribution in [0.5, 0.6) is 0 Å². The van der Waals surface area contributed by atoms with Gasteiger partial charge < -0.3 is 9.80 Å². The maximum Gasteiger partial charge on any atom is 0.257 e. The van der Waals surface area contributed by atoms with E-state index in [0.29, 0.717) is 32.6 Å². The van der Waals surface area contributed by atoms with Crippen LogP contribution in [0, 0.1) is 0 Å². The molecule has 0 spiro atoms. The third-order valence-corrected chi connectivity index (χ3v) is 6.47. The van der Waals surface area contributed by atoms with Crippen molar-refractivity contribution in [2.75, 3.05) is 31.9 Å². The van der Waals surface area contributed by atoms with Crippen molar-refractivity contribution < 1.29 is 9.59 Å². The number of benzene rings is 1. The Morgan fingerprint density at radius 1 is 0.964 bits per heavy atom. The van der Waals surface area contributed by atoms with E-state index in [1.165, 1.54) is 4.90 Å². The maximum atomic E-state index is 12.9. The number of carbonyl (C=O) groups is 2. The molecule has 0 aliphatic carbocycles. The van der Waals surface area contributed by atoms with E-state index in [-0.39, 0.29) is 11.8 Å². The molecule has 0 saturated carbocycles. The van der Waals surface area contributed by atoms with Gasteiger partial charge in [-0.15, -0.1) is 11.8 Å². The Kier molecular flexibility index (Phi) is 6.00. The van der Waals surface area contributed by atoms with Gasteiger partial charge in [0.25, 0.3) is 5.91 Å². The molecule has 0 bridgehead atoms. The van der Waals surface area contributed by atoms with Gasteiger partial charge in [0, 0.05) is 49.8 Å². The average Bonchev–Trinajstić information content (AvgIpc) is 3.18. The van der Waals surface area contributed by atoms with E-state index in [0.717, 1.165) is 42.8 Å². The summed E-state index contributed by atoms with van der Waals surface area (Å²) in [4.78, 5) is 30.3. The molecular formula is C21H26N4O2S. The molecule has 148 valence electrons. The second-order valence-corrected chi connectivity index (χ2v) is 8.44. The van der Waals surface area contributed by atoms with Crippen molar-refractivity contribution in [3.05, 3.63) is 47.8 Å². The van der Waals surface area contributed by atoms with Gasteiger partial charge in [-0.2, -0.15) is 5.10 Å². The summed E-state index contributed by atoms with van der Waals surface area (Å²) in [6.07, 6.45) is 5.44. The quantitative estimate of drug-likeness (QED) is 0.727. The molecule has 1 aromatic carbocycles. The van der Waals surface area contributed by atoms with Crippen LogP contribution in [0.4, 0.5) is 0 Å². The highest BCUT2D eigenvalue weighted by Crippen LogP contribution is 2.21. The summed E-state index contributed by atoms with van der Waals surface area (Å²) in [5.41, 5.74) is 1.83. The molecule has 6 nitrogen and oxygen atoms in total. The van der Waals surface area contributed by atoms with E-state index in [4.69, 9.17) is 0 Å². The van der Waals surface area contributed by atoms with E-state index in [2.05, 4.69) is 17.2 Å². The van der Waals surface area contributed by atoms with Crippen LogP contribution in [0.25, 0.3) is 0 Å². The summed E-state index contributed by atoms with van der Waals surface area (Å²) in [6.45, 7) is 3.34. The molecule has 0 radical (unpaired) electrons. The van der Waals surface area contributed by atoms with Crippen LogP contribution in [0.1, 0.15) is 35.3 Å². The molecule has 1 fully saturated rings. The minimum atomic E-state index is 0.0647. The molecule has 3 heterocycles. The fraction of sp³-hybridized carbons (Fsp3) is 0.476. The second kappa shape index (κ2) is 8.82. The number of aryl methyl sites for hydroxylation is 1. The first-order valence-electron chi connectivity index (χ1n) is 10.0. The molecule has 28 heavy (non-hydrogen) atoms. The van der Waals surface area contributed by atoms with Crippen molar-refractivity contribution >= 4 is 23.6 Å². The van der Waals surface area contributed by atoms with E-state index in [9.17, 15) is 9.59 Å². The third kappa shape index (κ3) is 4.24. The van der Waals surface area contributed by atoms with Crippen LogP contribution in [-0.4, -0.2) is 63.3 Å². The Balaban J connectivity index is 1.25. The number of rotatable bonds is 5. The summed E-state index contributed by atoms with van der Waals surface area (Å²) < 4.78 is 1.97. The zero-order valence-corrected chi connectivity index (χ0v) is 16.9. The van der Waals surface area contributed by atoms with E-state index in [1.54, 1.807) is 18.0 Å². The second-order valence-electron chi connectivity index (χ2n) is 7.27. The van der Waals surface area contributed by atoms with Crippen LogP contribution >= 0.6 is 11.8 Å². The van der Waals surface area contributed by atoms with Crippen molar-refractivity contribution in [3.63, 3.8) is 0 Å². The Hall–Kier alpha value is -2.28. The topological polar surface area (TPSA) is 58.4 Å². The number of piperazine rings is 1. The maximum absolute atomic E-state index is 12.9.